The lowest BCUT2D eigenvalue weighted by Crippen LogP contribution is -2.01. The van der Waals surface area contributed by atoms with Crippen LogP contribution in [0.5, 0.6) is 0 Å². The Labute approximate surface area is 123 Å². The summed E-state index contributed by atoms with van der Waals surface area (Å²) in [5.74, 6) is 0. The maximum Gasteiger partial charge on any atom is 0.101 e. The van der Waals surface area contributed by atoms with E-state index in [4.69, 9.17) is 5.26 Å². The first kappa shape index (κ1) is 13.1. The predicted octanol–water partition coefficient (Wildman–Crippen LogP) is 4.70. The quantitative estimate of drug-likeness (QED) is 0.855. The second kappa shape index (κ2) is 6.03. The minimum Gasteiger partial charge on any atom is -0.380 e. The van der Waals surface area contributed by atoms with Crippen LogP contribution in [0.25, 0.3) is 0 Å². The number of hydrogen-bond donors (Lipinski definition) is 1. The van der Waals surface area contributed by atoms with Gasteiger partial charge in [-0.1, -0.05) is 44.0 Å². The molecule has 2 aromatic rings. The number of nitriles is 1. The summed E-state index contributed by atoms with van der Waals surface area (Å²) in [5.41, 5.74) is 2.66. The number of nitrogens with zero attached hydrogens (tertiary/aromatic N) is 1. The van der Waals surface area contributed by atoms with Gasteiger partial charge in [0.15, 0.2) is 0 Å². The molecule has 2 nitrogen and oxygen atoms in total. The van der Waals surface area contributed by atoms with Gasteiger partial charge in [0.2, 0.25) is 0 Å². The SMILES string of the molecule is N#Cc1cc(Br)ccc1NCc1ccc(Br)cc1. The van der Waals surface area contributed by atoms with Crippen LogP contribution >= 0.6 is 31.9 Å². The van der Waals surface area contributed by atoms with Gasteiger partial charge in [-0.25, -0.2) is 0 Å². The zero-order chi connectivity index (χ0) is 13.0. The average molecular weight is 366 g/mol. The molecule has 1 N–H and O–H groups in total. The van der Waals surface area contributed by atoms with Crippen LogP contribution in [0.15, 0.2) is 51.4 Å². The van der Waals surface area contributed by atoms with Gasteiger partial charge in [0.25, 0.3) is 0 Å². The highest BCUT2D eigenvalue weighted by Gasteiger charge is 2.02. The van der Waals surface area contributed by atoms with Gasteiger partial charge in [-0.05, 0) is 35.9 Å². The molecule has 0 bridgehead atoms. The molecule has 0 saturated heterocycles. The molecule has 0 saturated carbocycles. The summed E-state index contributed by atoms with van der Waals surface area (Å²) in [6.07, 6.45) is 0. The molecule has 0 atom stereocenters. The third-order valence-electron chi connectivity index (χ3n) is 2.50. The second-order valence-electron chi connectivity index (χ2n) is 3.78. The Kier molecular flexibility index (Phi) is 4.40. The maximum absolute atomic E-state index is 9.06. The van der Waals surface area contributed by atoms with E-state index in [2.05, 4.69) is 43.2 Å². The van der Waals surface area contributed by atoms with E-state index < -0.39 is 0 Å². The first-order chi connectivity index (χ1) is 8.69. The maximum atomic E-state index is 9.06. The number of hydrogen-bond acceptors (Lipinski definition) is 2. The number of anilines is 1. The van der Waals surface area contributed by atoms with Crippen LogP contribution < -0.4 is 5.32 Å². The van der Waals surface area contributed by atoms with Crippen molar-refractivity contribution < 1.29 is 0 Å². The molecule has 0 fully saturated rings. The third-order valence-corrected chi connectivity index (χ3v) is 3.52. The lowest BCUT2D eigenvalue weighted by Gasteiger charge is -2.08. The molecule has 2 rings (SSSR count). The molecule has 0 radical (unpaired) electrons. The molecular weight excluding hydrogens is 356 g/mol. The molecule has 0 amide bonds. The van der Waals surface area contributed by atoms with E-state index in [0.717, 1.165) is 14.6 Å². The van der Waals surface area contributed by atoms with Gasteiger partial charge in [-0.3, -0.25) is 0 Å². The molecule has 0 spiro atoms. The predicted molar refractivity (Wildman–Crippen MR) is 80.3 cm³/mol. The van der Waals surface area contributed by atoms with Gasteiger partial charge >= 0.3 is 0 Å². The lowest BCUT2D eigenvalue weighted by molar-refractivity contribution is 1.14. The summed E-state index contributed by atoms with van der Waals surface area (Å²) >= 11 is 6.76. The minimum atomic E-state index is 0.640. The number of nitrogens with one attached hydrogen (secondary N) is 1. The Morgan fingerprint density at radius 3 is 2.33 bits per heavy atom. The summed E-state index contributed by atoms with van der Waals surface area (Å²) in [7, 11) is 0. The lowest BCUT2D eigenvalue weighted by atomic mass is 10.1. The molecule has 0 unspecified atom stereocenters. The summed E-state index contributed by atoms with van der Waals surface area (Å²) < 4.78 is 1.97. The van der Waals surface area contributed by atoms with Crippen LogP contribution in [0.3, 0.4) is 0 Å². The van der Waals surface area contributed by atoms with Crippen molar-refractivity contribution in [2.45, 2.75) is 6.54 Å². The monoisotopic (exact) mass is 364 g/mol. The standard InChI is InChI=1S/C14H10Br2N2/c15-12-3-1-10(2-4-12)9-18-14-6-5-13(16)7-11(14)8-17/h1-7,18H,9H2. The Morgan fingerprint density at radius 2 is 1.67 bits per heavy atom. The van der Waals surface area contributed by atoms with Gasteiger partial charge in [-0.2, -0.15) is 5.26 Å². The fraction of sp³-hybridized carbons (Fsp3) is 0.0714. The summed E-state index contributed by atoms with van der Waals surface area (Å²) in [5, 5.41) is 12.3. The number of benzene rings is 2. The molecular formula is C14H10Br2N2. The Morgan fingerprint density at radius 1 is 1.00 bits per heavy atom. The zero-order valence-corrected chi connectivity index (χ0v) is 12.6. The van der Waals surface area contributed by atoms with Crippen LogP contribution in [-0.2, 0) is 6.54 Å². The van der Waals surface area contributed by atoms with Gasteiger partial charge in [0.05, 0.1) is 11.3 Å². The molecule has 18 heavy (non-hydrogen) atoms. The summed E-state index contributed by atoms with van der Waals surface area (Å²) in [6.45, 7) is 0.698. The number of rotatable bonds is 3. The smallest absolute Gasteiger partial charge is 0.101 e. The Balaban J connectivity index is 2.11. The van der Waals surface area contributed by atoms with Crippen molar-refractivity contribution in [2.75, 3.05) is 5.32 Å². The van der Waals surface area contributed by atoms with Crippen molar-refractivity contribution in [1.82, 2.24) is 0 Å². The van der Waals surface area contributed by atoms with Crippen molar-refractivity contribution in [2.24, 2.45) is 0 Å². The van der Waals surface area contributed by atoms with Crippen molar-refractivity contribution in [1.29, 1.82) is 5.26 Å². The van der Waals surface area contributed by atoms with Gasteiger partial charge in [-0.15, -0.1) is 0 Å². The molecule has 0 aliphatic carbocycles. The van der Waals surface area contributed by atoms with E-state index in [1.54, 1.807) is 0 Å². The highest BCUT2D eigenvalue weighted by atomic mass is 79.9. The average Bonchev–Trinajstić information content (AvgIpc) is 2.39. The van der Waals surface area contributed by atoms with E-state index in [-0.39, 0.29) is 0 Å². The van der Waals surface area contributed by atoms with Gasteiger partial charge < -0.3 is 5.32 Å². The van der Waals surface area contributed by atoms with Gasteiger partial charge in [0.1, 0.15) is 6.07 Å². The Hall–Kier alpha value is -1.31. The third kappa shape index (κ3) is 3.34. The van der Waals surface area contributed by atoms with E-state index in [1.165, 1.54) is 5.56 Å². The van der Waals surface area contributed by atoms with E-state index in [9.17, 15) is 0 Å². The van der Waals surface area contributed by atoms with Crippen molar-refractivity contribution in [3.63, 3.8) is 0 Å². The zero-order valence-electron chi connectivity index (χ0n) is 9.45. The second-order valence-corrected chi connectivity index (χ2v) is 5.61. The molecule has 2 aromatic carbocycles. The molecule has 90 valence electrons. The van der Waals surface area contributed by atoms with E-state index in [0.29, 0.717) is 12.1 Å². The van der Waals surface area contributed by atoms with E-state index >= 15 is 0 Å². The van der Waals surface area contributed by atoms with Gasteiger partial charge in [0, 0.05) is 15.5 Å². The molecule has 0 heterocycles. The molecule has 0 aliphatic rings. The van der Waals surface area contributed by atoms with Crippen LogP contribution in [0.1, 0.15) is 11.1 Å². The fourth-order valence-corrected chi connectivity index (χ4v) is 2.19. The summed E-state index contributed by atoms with van der Waals surface area (Å²) in [4.78, 5) is 0. The topological polar surface area (TPSA) is 35.8 Å². The van der Waals surface area contributed by atoms with Crippen molar-refractivity contribution in [3.05, 3.63) is 62.5 Å². The highest BCUT2D eigenvalue weighted by Crippen LogP contribution is 2.21. The van der Waals surface area contributed by atoms with Crippen molar-refractivity contribution >= 4 is 37.5 Å². The molecule has 0 aromatic heterocycles. The van der Waals surface area contributed by atoms with Crippen LogP contribution in [-0.4, -0.2) is 0 Å². The Bertz CT molecular complexity index is 586. The fourth-order valence-electron chi connectivity index (χ4n) is 1.56. The van der Waals surface area contributed by atoms with Crippen LogP contribution in [0.4, 0.5) is 5.69 Å². The minimum absolute atomic E-state index is 0.640. The van der Waals surface area contributed by atoms with Crippen LogP contribution in [0, 0.1) is 11.3 Å². The highest BCUT2D eigenvalue weighted by molar-refractivity contribution is 9.10. The van der Waals surface area contributed by atoms with Crippen molar-refractivity contribution in [3.8, 4) is 6.07 Å². The normalized spacial score (nSPS) is 9.83. The van der Waals surface area contributed by atoms with E-state index in [1.807, 2.05) is 42.5 Å². The molecule has 0 aliphatic heterocycles. The number of halogens is 2. The summed E-state index contributed by atoms with van der Waals surface area (Å²) in [6, 6.07) is 15.9. The molecule has 4 heteroatoms. The van der Waals surface area contributed by atoms with Crippen LogP contribution in [0.2, 0.25) is 0 Å². The largest absolute Gasteiger partial charge is 0.380 e. The first-order valence-corrected chi connectivity index (χ1v) is 6.95. The first-order valence-electron chi connectivity index (χ1n) is 5.37.